The molecule has 0 saturated carbocycles. The van der Waals surface area contributed by atoms with Gasteiger partial charge < -0.3 is 4.90 Å². The monoisotopic (exact) mass is 271 g/mol. The molecule has 0 amide bonds. The standard InChI is InChI=1S/C15H21N5/c1-5-12-13(10-17)15(19-18-14(12)6-2)20(11(3)4)9-7-8-16/h11H,5-7,9H2,1-4H3. The SMILES string of the molecule is CCc1nnc(N(CCC#N)C(C)C)c(C#N)c1CC. The summed E-state index contributed by atoms with van der Waals surface area (Å²) in [6, 6.07) is 4.58. The van der Waals surface area contributed by atoms with E-state index in [1.807, 2.05) is 32.6 Å². The highest BCUT2D eigenvalue weighted by molar-refractivity contribution is 5.58. The number of hydrogen-bond acceptors (Lipinski definition) is 5. The number of rotatable bonds is 6. The van der Waals surface area contributed by atoms with Crippen LogP contribution in [0.5, 0.6) is 0 Å². The molecule has 0 aromatic carbocycles. The second-order valence-electron chi connectivity index (χ2n) is 4.84. The highest BCUT2D eigenvalue weighted by Gasteiger charge is 2.20. The van der Waals surface area contributed by atoms with E-state index in [2.05, 4.69) is 22.3 Å². The number of anilines is 1. The van der Waals surface area contributed by atoms with Crippen molar-refractivity contribution in [2.45, 2.75) is 53.0 Å². The van der Waals surface area contributed by atoms with Crippen LogP contribution in [0.3, 0.4) is 0 Å². The third-order valence-electron chi connectivity index (χ3n) is 3.30. The fourth-order valence-electron chi connectivity index (χ4n) is 2.26. The molecule has 1 rings (SSSR count). The molecular formula is C15H21N5. The molecule has 0 radical (unpaired) electrons. The molecule has 5 nitrogen and oxygen atoms in total. The van der Waals surface area contributed by atoms with Crippen molar-refractivity contribution in [2.75, 3.05) is 11.4 Å². The average molecular weight is 271 g/mol. The molecule has 0 N–H and O–H groups in total. The lowest BCUT2D eigenvalue weighted by Crippen LogP contribution is -2.33. The fourth-order valence-corrected chi connectivity index (χ4v) is 2.26. The molecule has 0 spiro atoms. The van der Waals surface area contributed by atoms with Gasteiger partial charge in [-0.1, -0.05) is 13.8 Å². The van der Waals surface area contributed by atoms with Crippen LogP contribution in [0.2, 0.25) is 0 Å². The van der Waals surface area contributed by atoms with Gasteiger partial charge in [0.1, 0.15) is 11.6 Å². The van der Waals surface area contributed by atoms with Gasteiger partial charge in [-0.3, -0.25) is 0 Å². The van der Waals surface area contributed by atoms with Crippen LogP contribution in [0, 0.1) is 22.7 Å². The smallest absolute Gasteiger partial charge is 0.169 e. The summed E-state index contributed by atoms with van der Waals surface area (Å²) in [5, 5.41) is 26.8. The molecule has 0 aliphatic carbocycles. The van der Waals surface area contributed by atoms with Gasteiger partial charge in [-0.05, 0) is 32.3 Å². The Bertz CT molecular complexity index is 536. The molecule has 1 aromatic heterocycles. The normalized spacial score (nSPS) is 10.2. The van der Waals surface area contributed by atoms with Crippen molar-refractivity contribution < 1.29 is 0 Å². The summed E-state index contributed by atoms with van der Waals surface area (Å²) in [5.74, 6) is 0.604. The van der Waals surface area contributed by atoms with Crippen LogP contribution in [0.1, 0.15) is 50.9 Å². The van der Waals surface area contributed by atoms with Gasteiger partial charge in [-0.25, -0.2) is 0 Å². The molecule has 1 heterocycles. The fraction of sp³-hybridized carbons (Fsp3) is 0.600. The average Bonchev–Trinajstić information content (AvgIpc) is 2.46. The summed E-state index contributed by atoms with van der Waals surface area (Å²) >= 11 is 0. The van der Waals surface area contributed by atoms with Crippen molar-refractivity contribution in [3.63, 3.8) is 0 Å². The summed E-state index contributed by atoms with van der Waals surface area (Å²) < 4.78 is 0. The molecular weight excluding hydrogens is 250 g/mol. The molecule has 0 aliphatic heterocycles. The van der Waals surface area contributed by atoms with Crippen LogP contribution in [0.4, 0.5) is 5.82 Å². The predicted molar refractivity (Wildman–Crippen MR) is 78.2 cm³/mol. The first-order valence-corrected chi connectivity index (χ1v) is 7.02. The molecule has 0 bridgehead atoms. The minimum absolute atomic E-state index is 0.168. The zero-order valence-electron chi connectivity index (χ0n) is 12.6. The Labute approximate surface area is 120 Å². The van der Waals surface area contributed by atoms with Gasteiger partial charge in [-0.2, -0.15) is 15.6 Å². The molecule has 0 atom stereocenters. The van der Waals surface area contributed by atoms with E-state index in [1.165, 1.54) is 0 Å². The predicted octanol–water partition coefficient (Wildman–Crippen LogP) is 2.60. The third kappa shape index (κ3) is 3.24. The van der Waals surface area contributed by atoms with Crippen molar-refractivity contribution in [3.05, 3.63) is 16.8 Å². The molecule has 5 heteroatoms. The number of nitrogens with zero attached hydrogens (tertiary/aromatic N) is 5. The van der Waals surface area contributed by atoms with Crippen LogP contribution >= 0.6 is 0 Å². The largest absolute Gasteiger partial charge is 0.351 e. The Hall–Kier alpha value is -2.14. The van der Waals surface area contributed by atoms with E-state index in [4.69, 9.17) is 5.26 Å². The van der Waals surface area contributed by atoms with Crippen molar-refractivity contribution in [1.82, 2.24) is 10.2 Å². The van der Waals surface area contributed by atoms with Crippen LogP contribution in [-0.2, 0) is 12.8 Å². The highest BCUT2D eigenvalue weighted by Crippen LogP contribution is 2.24. The lowest BCUT2D eigenvalue weighted by molar-refractivity contribution is 0.665. The van der Waals surface area contributed by atoms with Crippen LogP contribution < -0.4 is 4.90 Å². The Balaban J connectivity index is 3.36. The van der Waals surface area contributed by atoms with E-state index >= 15 is 0 Å². The first-order valence-electron chi connectivity index (χ1n) is 7.02. The van der Waals surface area contributed by atoms with Gasteiger partial charge in [0.15, 0.2) is 5.82 Å². The van der Waals surface area contributed by atoms with E-state index in [0.717, 1.165) is 24.1 Å². The lowest BCUT2D eigenvalue weighted by Gasteiger charge is -2.28. The van der Waals surface area contributed by atoms with Crippen molar-refractivity contribution >= 4 is 5.82 Å². The Morgan fingerprint density at radius 1 is 1.15 bits per heavy atom. The minimum atomic E-state index is 0.168. The molecule has 1 aromatic rings. The van der Waals surface area contributed by atoms with Gasteiger partial charge in [-0.15, -0.1) is 5.10 Å². The summed E-state index contributed by atoms with van der Waals surface area (Å²) in [6.45, 7) is 8.65. The van der Waals surface area contributed by atoms with E-state index in [1.54, 1.807) is 0 Å². The maximum absolute atomic E-state index is 9.50. The molecule has 0 unspecified atom stereocenters. The Morgan fingerprint density at radius 2 is 1.85 bits per heavy atom. The van der Waals surface area contributed by atoms with Crippen LogP contribution in [0.15, 0.2) is 0 Å². The van der Waals surface area contributed by atoms with Crippen LogP contribution in [0.25, 0.3) is 0 Å². The zero-order chi connectivity index (χ0) is 15.1. The Morgan fingerprint density at radius 3 is 2.30 bits per heavy atom. The minimum Gasteiger partial charge on any atom is -0.351 e. The van der Waals surface area contributed by atoms with Gasteiger partial charge in [0.05, 0.1) is 18.2 Å². The summed E-state index contributed by atoms with van der Waals surface area (Å²) in [4.78, 5) is 1.98. The van der Waals surface area contributed by atoms with Gasteiger partial charge in [0.25, 0.3) is 0 Å². The maximum Gasteiger partial charge on any atom is 0.169 e. The van der Waals surface area contributed by atoms with E-state index in [0.29, 0.717) is 24.3 Å². The molecule has 0 aliphatic rings. The zero-order valence-corrected chi connectivity index (χ0v) is 12.6. The van der Waals surface area contributed by atoms with Gasteiger partial charge >= 0.3 is 0 Å². The molecule has 0 saturated heterocycles. The van der Waals surface area contributed by atoms with Crippen molar-refractivity contribution in [3.8, 4) is 12.1 Å². The second kappa shape index (κ2) is 7.45. The summed E-state index contributed by atoms with van der Waals surface area (Å²) in [5.41, 5.74) is 2.46. The van der Waals surface area contributed by atoms with E-state index < -0.39 is 0 Å². The van der Waals surface area contributed by atoms with E-state index in [-0.39, 0.29) is 6.04 Å². The molecule has 106 valence electrons. The topological polar surface area (TPSA) is 76.6 Å². The van der Waals surface area contributed by atoms with Gasteiger partial charge in [0.2, 0.25) is 0 Å². The third-order valence-corrected chi connectivity index (χ3v) is 3.30. The summed E-state index contributed by atoms with van der Waals surface area (Å²) in [7, 11) is 0. The highest BCUT2D eigenvalue weighted by atomic mass is 15.3. The quantitative estimate of drug-likeness (QED) is 0.794. The van der Waals surface area contributed by atoms with E-state index in [9.17, 15) is 5.26 Å². The number of nitriles is 2. The van der Waals surface area contributed by atoms with Gasteiger partial charge in [0, 0.05) is 12.6 Å². The Kier molecular flexibility index (Phi) is 5.93. The number of aromatic nitrogens is 2. The first-order chi connectivity index (χ1) is 9.60. The van der Waals surface area contributed by atoms with Crippen molar-refractivity contribution in [2.24, 2.45) is 0 Å². The van der Waals surface area contributed by atoms with Crippen LogP contribution in [-0.4, -0.2) is 22.8 Å². The molecule has 20 heavy (non-hydrogen) atoms. The number of aryl methyl sites for hydroxylation is 1. The first kappa shape index (κ1) is 15.9. The summed E-state index contributed by atoms with van der Waals surface area (Å²) in [6.07, 6.45) is 1.94. The number of hydrogen-bond donors (Lipinski definition) is 0. The molecule has 0 fully saturated rings. The van der Waals surface area contributed by atoms with Crippen molar-refractivity contribution in [1.29, 1.82) is 10.5 Å². The lowest BCUT2D eigenvalue weighted by atomic mass is 10.0. The second-order valence-corrected chi connectivity index (χ2v) is 4.84. The maximum atomic E-state index is 9.50.